The number of Topliss-reactive ketones (excluding diaryl/α,β-unsaturated/α-hetero) is 1. The zero-order chi connectivity index (χ0) is 30.6. The van der Waals surface area contributed by atoms with E-state index in [2.05, 4.69) is 25.4 Å². The number of esters is 1. The molecule has 1 aromatic carbocycles. The van der Waals surface area contributed by atoms with E-state index in [0.717, 1.165) is 17.8 Å². The van der Waals surface area contributed by atoms with Gasteiger partial charge < -0.3 is 23.7 Å². The number of ketones is 1. The van der Waals surface area contributed by atoms with Gasteiger partial charge in [0, 0.05) is 0 Å². The first kappa shape index (κ1) is 30.6. The summed E-state index contributed by atoms with van der Waals surface area (Å²) < 4.78 is 22.6. The van der Waals surface area contributed by atoms with Gasteiger partial charge in [0.15, 0.2) is 28.1 Å². The second-order valence-corrected chi connectivity index (χ2v) is 11.0. The van der Waals surface area contributed by atoms with E-state index in [9.17, 15) is 19.5 Å². The van der Waals surface area contributed by atoms with Crippen molar-refractivity contribution in [2.75, 3.05) is 24.7 Å². The highest BCUT2D eigenvalue weighted by Gasteiger charge is 2.47. The minimum Gasteiger partial charge on any atom is -0.503 e. The molecule has 4 rings (SSSR count). The fourth-order valence-corrected chi connectivity index (χ4v) is 5.39. The minimum atomic E-state index is -1.11. The smallest absolute Gasteiger partial charge is 0.350 e. The quantitative estimate of drug-likeness (QED) is 0.138. The molecule has 0 aliphatic carbocycles. The van der Waals surface area contributed by atoms with E-state index in [1.165, 1.54) is 17.0 Å². The van der Waals surface area contributed by atoms with Gasteiger partial charge in [-0.25, -0.2) is 9.78 Å². The maximum atomic E-state index is 13.7. The van der Waals surface area contributed by atoms with Gasteiger partial charge in [0.1, 0.15) is 17.2 Å². The lowest BCUT2D eigenvalue weighted by Crippen LogP contribution is -2.31. The molecule has 42 heavy (non-hydrogen) atoms. The Bertz CT molecular complexity index is 1530. The molecule has 0 spiro atoms. The topological polar surface area (TPSA) is 128 Å². The highest BCUT2D eigenvalue weighted by molar-refractivity contribution is 7.17. The molecule has 11 heteroatoms. The number of thiazole rings is 1. The number of aliphatic hydroxyl groups excluding tert-OH is 1. The highest BCUT2D eigenvalue weighted by Crippen LogP contribution is 2.45. The number of aryl methyl sites for hydroxylation is 2. The van der Waals surface area contributed by atoms with Crippen LogP contribution in [0.5, 0.6) is 11.5 Å². The number of aliphatic hydroxyl groups is 1. The summed E-state index contributed by atoms with van der Waals surface area (Å²) >= 11 is 0.921. The summed E-state index contributed by atoms with van der Waals surface area (Å²) in [7, 11) is 0. The van der Waals surface area contributed by atoms with Crippen LogP contribution in [0, 0.1) is 19.8 Å². The third-order valence-electron chi connectivity index (χ3n) is 6.46. The zero-order valence-electron chi connectivity index (χ0n) is 24.3. The lowest BCUT2D eigenvalue weighted by atomic mass is 9.95. The minimum absolute atomic E-state index is 0.00608. The summed E-state index contributed by atoms with van der Waals surface area (Å²) in [5, 5.41) is 11.2. The molecule has 0 fully saturated rings. The first-order valence-corrected chi connectivity index (χ1v) is 14.4. The monoisotopic (exact) mass is 594 g/mol. The van der Waals surface area contributed by atoms with E-state index < -0.39 is 29.5 Å². The molecule has 1 N–H and O–H groups in total. The molecule has 1 aliphatic rings. The Labute approximate surface area is 248 Å². The number of carbonyl (C=O) groups is 3. The van der Waals surface area contributed by atoms with Crippen molar-refractivity contribution in [1.29, 1.82) is 0 Å². The molecule has 1 unspecified atom stereocenters. The van der Waals surface area contributed by atoms with E-state index in [-0.39, 0.29) is 27.9 Å². The van der Waals surface area contributed by atoms with Gasteiger partial charge in [0.2, 0.25) is 5.78 Å². The Morgan fingerprint density at radius 2 is 1.95 bits per heavy atom. The molecule has 3 heterocycles. The standard InChI is InChI=1S/C31H34N2O8S/c1-7-14-40-30(37)28-19(6)32-31(42-28)33-25(24(27(35)29(33)36)26(34)22-11-9-18(5)41-22)20-10-12-21(23(16-20)38-8-2)39-15-13-17(3)4/h7,9-12,16-17,25,35H,1,8,13-15H2,2-6H3. The van der Waals surface area contributed by atoms with E-state index >= 15 is 0 Å². The number of nitrogens with zero attached hydrogens (tertiary/aromatic N) is 2. The fraction of sp³-hybridized carbons (Fsp3) is 0.355. The van der Waals surface area contributed by atoms with Crippen molar-refractivity contribution in [3.05, 3.63) is 82.0 Å². The van der Waals surface area contributed by atoms with Crippen molar-refractivity contribution in [1.82, 2.24) is 4.98 Å². The Morgan fingerprint density at radius 3 is 2.60 bits per heavy atom. The van der Waals surface area contributed by atoms with Gasteiger partial charge in [0.25, 0.3) is 5.91 Å². The molecule has 10 nitrogen and oxygen atoms in total. The maximum Gasteiger partial charge on any atom is 0.350 e. The molecule has 0 bridgehead atoms. The van der Waals surface area contributed by atoms with Gasteiger partial charge in [0.05, 0.1) is 30.5 Å². The van der Waals surface area contributed by atoms with Crippen LogP contribution in [-0.2, 0) is 9.53 Å². The van der Waals surface area contributed by atoms with Gasteiger partial charge >= 0.3 is 5.97 Å². The number of ether oxygens (including phenoxy) is 3. The average molecular weight is 595 g/mol. The van der Waals surface area contributed by atoms with Crippen molar-refractivity contribution in [3.8, 4) is 11.5 Å². The summed E-state index contributed by atoms with van der Waals surface area (Å²) in [6.07, 6.45) is 2.29. The largest absolute Gasteiger partial charge is 0.503 e. The van der Waals surface area contributed by atoms with Gasteiger partial charge in [-0.05, 0) is 62.9 Å². The lowest BCUT2D eigenvalue weighted by molar-refractivity contribution is -0.117. The second-order valence-electron chi connectivity index (χ2n) is 10.0. The SMILES string of the molecule is C=CCOC(=O)c1sc(N2C(=O)C(O)=C(C(=O)c3ccc(C)o3)C2c2ccc(OCCC(C)C)c(OCC)c2)nc1C. The second kappa shape index (κ2) is 13.1. The van der Waals surface area contributed by atoms with Crippen molar-refractivity contribution >= 4 is 34.1 Å². The van der Waals surface area contributed by atoms with Crippen LogP contribution in [0.1, 0.15) is 70.5 Å². The Balaban J connectivity index is 1.82. The molecule has 0 radical (unpaired) electrons. The number of rotatable bonds is 13. The zero-order valence-corrected chi connectivity index (χ0v) is 25.1. The van der Waals surface area contributed by atoms with E-state index in [1.807, 2.05) is 6.92 Å². The Kier molecular flexibility index (Phi) is 9.52. The van der Waals surface area contributed by atoms with Gasteiger partial charge in [-0.1, -0.05) is 43.9 Å². The molecule has 1 atom stereocenters. The van der Waals surface area contributed by atoms with Crippen molar-refractivity contribution in [2.45, 2.75) is 47.1 Å². The molecular weight excluding hydrogens is 560 g/mol. The molecule has 3 aromatic rings. The first-order chi connectivity index (χ1) is 20.1. The van der Waals surface area contributed by atoms with Crippen LogP contribution in [0.25, 0.3) is 0 Å². The third-order valence-corrected chi connectivity index (χ3v) is 7.60. The number of furan rings is 1. The molecule has 222 valence electrons. The number of amides is 1. The number of benzene rings is 1. The van der Waals surface area contributed by atoms with E-state index in [4.69, 9.17) is 18.6 Å². The predicted octanol–water partition coefficient (Wildman–Crippen LogP) is 6.30. The van der Waals surface area contributed by atoms with Crippen LogP contribution >= 0.6 is 11.3 Å². The van der Waals surface area contributed by atoms with Crippen molar-refractivity contribution in [2.24, 2.45) is 5.92 Å². The summed E-state index contributed by atoms with van der Waals surface area (Å²) in [6, 6.07) is 7.09. The molecule has 1 amide bonds. The van der Waals surface area contributed by atoms with Crippen LogP contribution < -0.4 is 14.4 Å². The number of hydrogen-bond donors (Lipinski definition) is 1. The fourth-order valence-electron chi connectivity index (χ4n) is 4.40. The van der Waals surface area contributed by atoms with E-state index in [0.29, 0.717) is 47.6 Å². The van der Waals surface area contributed by atoms with Crippen LogP contribution in [0.2, 0.25) is 0 Å². The highest BCUT2D eigenvalue weighted by atomic mass is 32.1. The number of aromatic nitrogens is 1. The number of anilines is 1. The van der Waals surface area contributed by atoms with Gasteiger partial charge in [-0.2, -0.15) is 0 Å². The first-order valence-electron chi connectivity index (χ1n) is 13.6. The molecular formula is C31H34N2O8S. The summed E-state index contributed by atoms with van der Waals surface area (Å²) in [5.74, 6) is -1.02. The summed E-state index contributed by atoms with van der Waals surface area (Å²) in [4.78, 5) is 45.8. The molecule has 1 aliphatic heterocycles. The van der Waals surface area contributed by atoms with Crippen molar-refractivity contribution in [3.63, 3.8) is 0 Å². The van der Waals surface area contributed by atoms with Gasteiger partial charge in [-0.3, -0.25) is 14.5 Å². The molecule has 0 saturated carbocycles. The summed E-state index contributed by atoms with van der Waals surface area (Å²) in [5.41, 5.74) is 0.608. The van der Waals surface area contributed by atoms with Crippen LogP contribution in [0.3, 0.4) is 0 Å². The van der Waals surface area contributed by atoms with E-state index in [1.54, 1.807) is 38.1 Å². The third kappa shape index (κ3) is 6.25. The maximum absolute atomic E-state index is 13.7. The van der Waals surface area contributed by atoms with Crippen LogP contribution in [0.4, 0.5) is 5.13 Å². The van der Waals surface area contributed by atoms with Crippen molar-refractivity contribution < 1.29 is 38.1 Å². The Morgan fingerprint density at radius 1 is 1.19 bits per heavy atom. The number of carbonyl (C=O) groups excluding carboxylic acids is 3. The van der Waals surface area contributed by atoms with Crippen LogP contribution in [0.15, 0.2) is 58.7 Å². The van der Waals surface area contributed by atoms with Gasteiger partial charge in [-0.15, -0.1) is 0 Å². The van der Waals surface area contributed by atoms with Crippen LogP contribution in [-0.4, -0.2) is 47.6 Å². The normalized spacial score (nSPS) is 15.0. The molecule has 0 saturated heterocycles. The number of hydrogen-bond acceptors (Lipinski definition) is 10. The summed E-state index contributed by atoms with van der Waals surface area (Å²) in [6.45, 7) is 13.7. The molecule has 2 aromatic heterocycles. The Hall–Kier alpha value is -4.38. The lowest BCUT2D eigenvalue weighted by Gasteiger charge is -2.25. The predicted molar refractivity (Wildman–Crippen MR) is 158 cm³/mol. The average Bonchev–Trinajstić information content (AvgIpc) is 3.63.